The summed E-state index contributed by atoms with van der Waals surface area (Å²) in [6.45, 7) is 9.92. The molecule has 2 heterocycles. The Hall–Kier alpha value is -1.13. The van der Waals surface area contributed by atoms with Crippen LogP contribution >= 0.6 is 11.3 Å². The van der Waals surface area contributed by atoms with Crippen LogP contribution in [0.1, 0.15) is 79.4 Å². The molecule has 0 amide bonds. The van der Waals surface area contributed by atoms with Gasteiger partial charge in [-0.2, -0.15) is 0 Å². The molecule has 1 aromatic rings. The van der Waals surface area contributed by atoms with Crippen molar-refractivity contribution in [2.45, 2.75) is 65.7 Å². The number of carboxylic acids is 1. The number of rotatable bonds is 6. The number of hydrogen-bond acceptors (Lipinski definition) is 3. The van der Waals surface area contributed by atoms with Crippen molar-refractivity contribution in [3.8, 4) is 0 Å². The molecule has 144 valence electrons. The van der Waals surface area contributed by atoms with Crippen molar-refractivity contribution in [2.75, 3.05) is 19.6 Å². The molecule has 1 N–H and O–H groups in total. The van der Waals surface area contributed by atoms with Gasteiger partial charge >= 0.3 is 5.97 Å². The van der Waals surface area contributed by atoms with Crippen LogP contribution in [0.2, 0.25) is 0 Å². The van der Waals surface area contributed by atoms with Gasteiger partial charge in [-0.15, -0.1) is 11.3 Å². The summed E-state index contributed by atoms with van der Waals surface area (Å²) in [7, 11) is 0. The number of nitrogens with zero attached hydrogens (tertiary/aromatic N) is 1. The molecule has 0 aromatic carbocycles. The van der Waals surface area contributed by atoms with Crippen molar-refractivity contribution < 1.29 is 9.90 Å². The molecule has 4 heteroatoms. The van der Waals surface area contributed by atoms with Crippen LogP contribution in [0.15, 0.2) is 11.6 Å². The Balaban J connectivity index is 2.01. The Morgan fingerprint density at radius 2 is 2.00 bits per heavy atom. The van der Waals surface area contributed by atoms with Gasteiger partial charge in [-0.3, -0.25) is 4.90 Å². The van der Waals surface area contributed by atoms with Crippen LogP contribution in [-0.4, -0.2) is 35.6 Å². The second kappa shape index (κ2) is 8.71. The molecule has 0 atom stereocenters. The van der Waals surface area contributed by atoms with Gasteiger partial charge in [0.1, 0.15) is 4.88 Å². The fraction of sp³-hybridized carbons (Fsp3) is 0.682. The number of carboxylic acid groups (broad SMARTS) is 1. The van der Waals surface area contributed by atoms with Gasteiger partial charge in [0.15, 0.2) is 0 Å². The summed E-state index contributed by atoms with van der Waals surface area (Å²) < 4.78 is 0. The summed E-state index contributed by atoms with van der Waals surface area (Å²) in [5.74, 6) is 0.731. The average molecular weight is 376 g/mol. The molecule has 0 spiro atoms. The number of thiophene rings is 1. The minimum Gasteiger partial charge on any atom is -0.477 e. The molecule has 1 saturated carbocycles. The highest BCUT2D eigenvalue weighted by Crippen LogP contribution is 2.42. The first-order valence-corrected chi connectivity index (χ1v) is 11.2. The van der Waals surface area contributed by atoms with E-state index >= 15 is 0 Å². The molecule has 1 aliphatic heterocycles. The SMILES string of the molecule is CCCc1cc(C2=C(C3CCC(C)CC3)CN(CC)CC2)c(C(=O)O)s1. The van der Waals surface area contributed by atoms with E-state index in [1.54, 1.807) is 5.57 Å². The highest BCUT2D eigenvalue weighted by atomic mass is 32.1. The minimum atomic E-state index is -0.755. The van der Waals surface area contributed by atoms with Gasteiger partial charge in [0, 0.05) is 23.5 Å². The van der Waals surface area contributed by atoms with Crippen molar-refractivity contribution >= 4 is 22.9 Å². The summed E-state index contributed by atoms with van der Waals surface area (Å²) in [5.41, 5.74) is 3.95. The maximum atomic E-state index is 11.9. The van der Waals surface area contributed by atoms with E-state index in [2.05, 4.69) is 31.7 Å². The van der Waals surface area contributed by atoms with Crippen molar-refractivity contribution in [3.05, 3.63) is 27.0 Å². The zero-order valence-corrected chi connectivity index (χ0v) is 17.3. The Labute approximate surface area is 162 Å². The largest absolute Gasteiger partial charge is 0.477 e. The number of carbonyl (C=O) groups is 1. The van der Waals surface area contributed by atoms with Crippen LogP contribution in [0.4, 0.5) is 0 Å². The predicted octanol–water partition coefficient (Wildman–Crippen LogP) is 5.70. The van der Waals surface area contributed by atoms with Gasteiger partial charge in [-0.25, -0.2) is 4.79 Å². The van der Waals surface area contributed by atoms with Gasteiger partial charge in [0.2, 0.25) is 0 Å². The topological polar surface area (TPSA) is 40.5 Å². The smallest absolute Gasteiger partial charge is 0.346 e. The quantitative estimate of drug-likeness (QED) is 0.693. The Morgan fingerprint density at radius 1 is 1.27 bits per heavy atom. The van der Waals surface area contributed by atoms with Crippen molar-refractivity contribution in [2.24, 2.45) is 11.8 Å². The molecule has 1 aromatic heterocycles. The summed E-state index contributed by atoms with van der Waals surface area (Å²) in [5, 5.41) is 9.78. The summed E-state index contributed by atoms with van der Waals surface area (Å²) in [4.78, 5) is 16.2. The third-order valence-corrected chi connectivity index (χ3v) is 7.40. The molecule has 3 rings (SSSR count). The molecule has 1 fully saturated rings. The molecule has 3 nitrogen and oxygen atoms in total. The van der Waals surface area contributed by atoms with Crippen LogP contribution in [0.25, 0.3) is 5.57 Å². The van der Waals surface area contributed by atoms with Gasteiger partial charge in [0.25, 0.3) is 0 Å². The highest BCUT2D eigenvalue weighted by molar-refractivity contribution is 7.14. The first-order chi connectivity index (χ1) is 12.5. The lowest BCUT2D eigenvalue weighted by molar-refractivity contribution is 0.0702. The molecule has 2 aliphatic rings. The van der Waals surface area contributed by atoms with E-state index in [1.807, 2.05) is 0 Å². The zero-order valence-electron chi connectivity index (χ0n) is 16.5. The number of aryl methyl sites for hydroxylation is 1. The van der Waals surface area contributed by atoms with Crippen LogP contribution in [0, 0.1) is 11.8 Å². The molecule has 0 radical (unpaired) electrons. The van der Waals surface area contributed by atoms with Gasteiger partial charge in [-0.05, 0) is 61.3 Å². The van der Waals surface area contributed by atoms with E-state index in [0.717, 1.165) is 50.4 Å². The molecule has 0 bridgehead atoms. The molecular weight excluding hydrogens is 342 g/mol. The van der Waals surface area contributed by atoms with Crippen molar-refractivity contribution in [1.82, 2.24) is 4.90 Å². The number of likely N-dealkylation sites (N-methyl/N-ethyl adjacent to an activating group) is 1. The average Bonchev–Trinajstić information content (AvgIpc) is 3.06. The Morgan fingerprint density at radius 3 is 2.62 bits per heavy atom. The van der Waals surface area contributed by atoms with Crippen LogP contribution in [0.5, 0.6) is 0 Å². The van der Waals surface area contributed by atoms with E-state index in [4.69, 9.17) is 0 Å². The molecular formula is C22H33NO2S. The van der Waals surface area contributed by atoms with Crippen molar-refractivity contribution in [3.63, 3.8) is 0 Å². The van der Waals surface area contributed by atoms with E-state index < -0.39 is 5.97 Å². The minimum absolute atomic E-state index is 0.565. The molecule has 26 heavy (non-hydrogen) atoms. The van der Waals surface area contributed by atoms with Gasteiger partial charge in [-0.1, -0.05) is 40.0 Å². The monoisotopic (exact) mass is 375 g/mol. The number of aromatic carboxylic acids is 1. The zero-order chi connectivity index (χ0) is 18.7. The Bertz CT molecular complexity index is 668. The molecule has 1 aliphatic carbocycles. The normalized spacial score (nSPS) is 24.9. The maximum Gasteiger partial charge on any atom is 0.346 e. The van der Waals surface area contributed by atoms with E-state index in [0.29, 0.717) is 10.8 Å². The molecule has 0 unspecified atom stereocenters. The van der Waals surface area contributed by atoms with E-state index in [-0.39, 0.29) is 0 Å². The second-order valence-corrected chi connectivity index (χ2v) is 9.23. The first kappa shape index (κ1) is 19.6. The lowest BCUT2D eigenvalue weighted by Crippen LogP contribution is -2.34. The van der Waals surface area contributed by atoms with Crippen LogP contribution in [0.3, 0.4) is 0 Å². The lowest BCUT2D eigenvalue weighted by Gasteiger charge is -2.36. The van der Waals surface area contributed by atoms with Gasteiger partial charge in [0.05, 0.1) is 0 Å². The maximum absolute atomic E-state index is 11.9. The van der Waals surface area contributed by atoms with Crippen LogP contribution < -0.4 is 0 Å². The van der Waals surface area contributed by atoms with E-state index in [9.17, 15) is 9.90 Å². The summed E-state index contributed by atoms with van der Waals surface area (Å²) in [6, 6.07) is 2.19. The third-order valence-electron chi connectivity index (χ3n) is 6.21. The lowest BCUT2D eigenvalue weighted by atomic mass is 9.75. The number of hydrogen-bond donors (Lipinski definition) is 1. The second-order valence-electron chi connectivity index (χ2n) is 8.09. The molecule has 0 saturated heterocycles. The fourth-order valence-electron chi connectivity index (χ4n) is 4.60. The summed E-state index contributed by atoms with van der Waals surface area (Å²) >= 11 is 1.49. The highest BCUT2D eigenvalue weighted by Gasteiger charge is 2.30. The third kappa shape index (κ3) is 4.23. The summed E-state index contributed by atoms with van der Waals surface area (Å²) in [6.07, 6.45) is 8.20. The van der Waals surface area contributed by atoms with E-state index in [1.165, 1.54) is 47.5 Å². The fourth-order valence-corrected chi connectivity index (χ4v) is 5.73. The van der Waals surface area contributed by atoms with Gasteiger partial charge < -0.3 is 5.11 Å². The van der Waals surface area contributed by atoms with Crippen molar-refractivity contribution in [1.29, 1.82) is 0 Å². The predicted molar refractivity (Wildman–Crippen MR) is 110 cm³/mol. The standard InChI is InChI=1S/C22H33NO2S/c1-4-6-17-13-19(21(26-17)22(24)25)18-11-12-23(5-2)14-20(18)16-9-7-15(3)8-10-16/h13,15-16H,4-12,14H2,1-3H3,(H,24,25). The van der Waals surface area contributed by atoms with Crippen LogP contribution in [-0.2, 0) is 6.42 Å². The Kier molecular flexibility index (Phi) is 6.57. The first-order valence-electron chi connectivity index (χ1n) is 10.3.